The van der Waals surface area contributed by atoms with Crippen LogP contribution in [0.4, 0.5) is 0 Å². The molecular formula is C21H27NO2. The van der Waals surface area contributed by atoms with Crippen LogP contribution in [-0.2, 0) is 10.3 Å². The first kappa shape index (κ1) is 17.0. The number of nitrogens with zero attached hydrogens (tertiary/aromatic N) is 1. The summed E-state index contributed by atoms with van der Waals surface area (Å²) in [6.07, 6.45) is 6.45. The van der Waals surface area contributed by atoms with Crippen molar-refractivity contribution in [1.29, 1.82) is 0 Å². The van der Waals surface area contributed by atoms with Crippen molar-refractivity contribution >= 4 is 0 Å². The van der Waals surface area contributed by atoms with E-state index in [9.17, 15) is 5.11 Å². The molecule has 1 saturated heterocycles. The summed E-state index contributed by atoms with van der Waals surface area (Å²) in [4.78, 5) is 2.43. The van der Waals surface area contributed by atoms with Crippen molar-refractivity contribution in [3.8, 4) is 0 Å². The predicted octanol–water partition coefficient (Wildman–Crippen LogP) is 3.78. The molecule has 24 heavy (non-hydrogen) atoms. The second kappa shape index (κ2) is 6.96. The molecule has 0 bridgehead atoms. The Hall–Kier alpha value is -1.84. The highest BCUT2D eigenvalue weighted by Gasteiger charge is 2.48. The van der Waals surface area contributed by atoms with Crippen molar-refractivity contribution in [2.24, 2.45) is 0 Å². The average Bonchev–Trinajstić information content (AvgIpc) is 3.21. The molecule has 1 heterocycles. The summed E-state index contributed by atoms with van der Waals surface area (Å²) in [5.74, 6) is 0.892. The molecule has 1 unspecified atom stereocenters. The minimum atomic E-state index is -0.401. The molecule has 1 N–H and O–H groups in total. The Morgan fingerprint density at radius 1 is 1.38 bits per heavy atom. The second-order valence-corrected chi connectivity index (χ2v) is 6.62. The number of ether oxygens (including phenoxy) is 1. The quantitative estimate of drug-likeness (QED) is 0.864. The third-order valence-electron chi connectivity index (χ3n) is 5.07. The highest BCUT2D eigenvalue weighted by atomic mass is 16.5. The van der Waals surface area contributed by atoms with E-state index in [1.807, 2.05) is 13.0 Å². The SMILES string of the molecule is C=C(C)C1=CC(OCC)=CC1(c1ccccc1)N1CCC[C@H]1CO. The van der Waals surface area contributed by atoms with E-state index in [2.05, 4.69) is 54.8 Å². The standard InChI is InChI=1S/C21H27NO2/c1-4-24-19-13-20(16(2)3)21(14-19,17-9-6-5-7-10-17)22-12-8-11-18(22)15-23/h5-7,9-10,13-14,18,23H,2,4,8,11-12,15H2,1,3H3/t18-,21?/m0/s1. The Morgan fingerprint density at radius 3 is 2.75 bits per heavy atom. The smallest absolute Gasteiger partial charge is 0.118 e. The van der Waals surface area contributed by atoms with Gasteiger partial charge < -0.3 is 9.84 Å². The van der Waals surface area contributed by atoms with Crippen LogP contribution in [-0.4, -0.2) is 35.8 Å². The number of hydrogen-bond acceptors (Lipinski definition) is 3. The first-order valence-electron chi connectivity index (χ1n) is 8.80. The molecular weight excluding hydrogens is 298 g/mol. The van der Waals surface area contributed by atoms with Gasteiger partial charge in [0.1, 0.15) is 5.76 Å². The number of benzene rings is 1. The van der Waals surface area contributed by atoms with Gasteiger partial charge >= 0.3 is 0 Å². The summed E-state index contributed by atoms with van der Waals surface area (Å²) in [6, 6.07) is 10.7. The molecule has 1 fully saturated rings. The van der Waals surface area contributed by atoms with Crippen LogP contribution < -0.4 is 0 Å². The van der Waals surface area contributed by atoms with Crippen molar-refractivity contribution in [3.05, 3.63) is 71.5 Å². The number of allylic oxidation sites excluding steroid dienone is 1. The molecule has 128 valence electrons. The lowest BCUT2D eigenvalue weighted by Crippen LogP contribution is -2.49. The first-order chi connectivity index (χ1) is 11.6. The van der Waals surface area contributed by atoms with Crippen molar-refractivity contribution in [1.82, 2.24) is 4.90 Å². The average molecular weight is 325 g/mol. The van der Waals surface area contributed by atoms with E-state index in [4.69, 9.17) is 4.74 Å². The van der Waals surface area contributed by atoms with E-state index in [0.717, 1.165) is 36.3 Å². The predicted molar refractivity (Wildman–Crippen MR) is 97.5 cm³/mol. The molecule has 0 spiro atoms. The fraction of sp³-hybridized carbons (Fsp3) is 0.429. The van der Waals surface area contributed by atoms with Gasteiger partial charge in [0.2, 0.25) is 0 Å². The topological polar surface area (TPSA) is 32.7 Å². The van der Waals surface area contributed by atoms with Crippen molar-refractivity contribution in [2.45, 2.75) is 38.3 Å². The Bertz CT molecular complexity index is 662. The molecule has 2 atom stereocenters. The first-order valence-corrected chi connectivity index (χ1v) is 8.80. The second-order valence-electron chi connectivity index (χ2n) is 6.62. The van der Waals surface area contributed by atoms with Crippen molar-refractivity contribution < 1.29 is 9.84 Å². The maximum atomic E-state index is 9.92. The fourth-order valence-corrected chi connectivity index (χ4v) is 4.10. The van der Waals surface area contributed by atoms with Gasteiger partial charge in [-0.25, -0.2) is 0 Å². The van der Waals surface area contributed by atoms with Gasteiger partial charge in [0.15, 0.2) is 0 Å². The van der Waals surface area contributed by atoms with Gasteiger partial charge in [-0.1, -0.05) is 42.5 Å². The van der Waals surface area contributed by atoms with Crippen molar-refractivity contribution in [3.63, 3.8) is 0 Å². The van der Waals surface area contributed by atoms with Crippen LogP contribution in [0.15, 0.2) is 66.0 Å². The third-order valence-corrected chi connectivity index (χ3v) is 5.07. The Morgan fingerprint density at radius 2 is 2.12 bits per heavy atom. The molecule has 0 radical (unpaired) electrons. The monoisotopic (exact) mass is 325 g/mol. The molecule has 1 aliphatic carbocycles. The summed E-state index contributed by atoms with van der Waals surface area (Å²) in [5, 5.41) is 9.92. The lowest BCUT2D eigenvalue weighted by molar-refractivity contribution is 0.0960. The third kappa shape index (κ3) is 2.72. The van der Waals surface area contributed by atoms with Gasteiger partial charge in [0, 0.05) is 12.6 Å². The van der Waals surface area contributed by atoms with E-state index in [1.165, 1.54) is 5.56 Å². The molecule has 1 aliphatic heterocycles. The Labute approximate surface area is 144 Å². The molecule has 1 aromatic carbocycles. The van der Waals surface area contributed by atoms with E-state index in [-0.39, 0.29) is 12.6 Å². The number of aliphatic hydroxyl groups is 1. The minimum absolute atomic E-state index is 0.158. The lowest BCUT2D eigenvalue weighted by atomic mass is 9.80. The van der Waals surface area contributed by atoms with Gasteiger partial charge in [-0.15, -0.1) is 0 Å². The molecule has 0 amide bonds. The highest BCUT2D eigenvalue weighted by Crippen LogP contribution is 2.48. The zero-order valence-electron chi connectivity index (χ0n) is 14.7. The number of rotatable bonds is 6. The van der Waals surface area contributed by atoms with E-state index in [1.54, 1.807) is 0 Å². The van der Waals surface area contributed by atoms with Crippen LogP contribution in [0, 0.1) is 0 Å². The van der Waals surface area contributed by atoms with E-state index < -0.39 is 5.54 Å². The lowest BCUT2D eigenvalue weighted by Gasteiger charge is -2.43. The zero-order valence-corrected chi connectivity index (χ0v) is 14.7. The van der Waals surface area contributed by atoms with Crippen LogP contribution >= 0.6 is 0 Å². The normalized spacial score (nSPS) is 27.0. The molecule has 0 aromatic heterocycles. The molecule has 3 nitrogen and oxygen atoms in total. The van der Waals surface area contributed by atoms with Crippen molar-refractivity contribution in [2.75, 3.05) is 19.8 Å². The van der Waals surface area contributed by atoms with E-state index >= 15 is 0 Å². The summed E-state index contributed by atoms with van der Waals surface area (Å²) in [5.41, 5.74) is 3.00. The van der Waals surface area contributed by atoms with Gasteiger partial charge in [0.25, 0.3) is 0 Å². The highest BCUT2D eigenvalue weighted by molar-refractivity contribution is 5.56. The van der Waals surface area contributed by atoms with Gasteiger partial charge in [-0.05, 0) is 50.0 Å². The maximum Gasteiger partial charge on any atom is 0.118 e. The minimum Gasteiger partial charge on any atom is -0.494 e. The number of aliphatic hydroxyl groups excluding tert-OH is 1. The zero-order chi connectivity index (χ0) is 17.2. The summed E-state index contributed by atoms with van der Waals surface area (Å²) in [6.45, 7) is 10.1. The summed E-state index contributed by atoms with van der Waals surface area (Å²) in [7, 11) is 0. The Balaban J connectivity index is 2.19. The summed E-state index contributed by atoms with van der Waals surface area (Å²) < 4.78 is 5.84. The largest absolute Gasteiger partial charge is 0.494 e. The van der Waals surface area contributed by atoms with Crippen LogP contribution in [0.25, 0.3) is 0 Å². The molecule has 3 rings (SSSR count). The molecule has 0 saturated carbocycles. The van der Waals surface area contributed by atoms with Gasteiger partial charge in [-0.3, -0.25) is 4.90 Å². The molecule has 3 heteroatoms. The van der Waals surface area contributed by atoms with Crippen LogP contribution in [0.2, 0.25) is 0 Å². The van der Waals surface area contributed by atoms with E-state index in [0.29, 0.717) is 6.61 Å². The molecule has 1 aromatic rings. The fourth-order valence-electron chi connectivity index (χ4n) is 4.10. The van der Waals surface area contributed by atoms with Crippen LogP contribution in [0.1, 0.15) is 32.3 Å². The summed E-state index contributed by atoms with van der Waals surface area (Å²) >= 11 is 0. The van der Waals surface area contributed by atoms with Crippen LogP contribution in [0.5, 0.6) is 0 Å². The van der Waals surface area contributed by atoms with Crippen LogP contribution in [0.3, 0.4) is 0 Å². The maximum absolute atomic E-state index is 9.92. The Kier molecular flexibility index (Phi) is 4.93. The number of likely N-dealkylation sites (tertiary alicyclic amines) is 1. The number of hydrogen-bond donors (Lipinski definition) is 1. The van der Waals surface area contributed by atoms with Gasteiger partial charge in [-0.2, -0.15) is 0 Å². The van der Waals surface area contributed by atoms with Gasteiger partial charge in [0.05, 0.1) is 18.8 Å². The molecule has 2 aliphatic rings.